The maximum Gasteiger partial charge on any atom is 0.101 e. The first kappa shape index (κ1) is 11.0. The summed E-state index contributed by atoms with van der Waals surface area (Å²) in [5.41, 5.74) is 1.42. The van der Waals surface area contributed by atoms with E-state index in [1.807, 2.05) is 18.0 Å². The number of hydrogen-bond acceptors (Lipinski definition) is 3. The zero-order valence-electron chi connectivity index (χ0n) is 9.44. The van der Waals surface area contributed by atoms with Gasteiger partial charge in [-0.25, -0.2) is 4.98 Å². The van der Waals surface area contributed by atoms with Gasteiger partial charge in [-0.1, -0.05) is 13.0 Å². The second kappa shape index (κ2) is 4.99. The molecule has 15 heavy (non-hydrogen) atoms. The highest BCUT2D eigenvalue weighted by Crippen LogP contribution is 2.34. The van der Waals surface area contributed by atoms with Gasteiger partial charge in [-0.05, 0) is 38.3 Å². The molecule has 0 aliphatic carbocycles. The lowest BCUT2D eigenvalue weighted by Crippen LogP contribution is -2.18. The second-order valence-corrected chi connectivity index (χ2v) is 5.22. The molecule has 0 saturated carbocycles. The van der Waals surface area contributed by atoms with Crippen molar-refractivity contribution in [3.63, 3.8) is 0 Å². The summed E-state index contributed by atoms with van der Waals surface area (Å²) < 4.78 is 0. The smallest absolute Gasteiger partial charge is 0.101 e. The lowest BCUT2D eigenvalue weighted by Gasteiger charge is -2.21. The van der Waals surface area contributed by atoms with Crippen LogP contribution in [0.1, 0.15) is 31.4 Å². The Labute approximate surface area is 96.1 Å². The highest BCUT2D eigenvalue weighted by atomic mass is 32.2. The summed E-state index contributed by atoms with van der Waals surface area (Å²) in [4.78, 5) is 6.92. The number of rotatable bonds is 3. The van der Waals surface area contributed by atoms with Gasteiger partial charge in [0, 0.05) is 17.8 Å². The number of aromatic nitrogens is 1. The fourth-order valence-electron chi connectivity index (χ4n) is 2.22. The maximum atomic E-state index is 4.48. The highest BCUT2D eigenvalue weighted by Gasteiger charge is 2.24. The predicted molar refractivity (Wildman–Crippen MR) is 65.2 cm³/mol. The van der Waals surface area contributed by atoms with Crippen molar-refractivity contribution in [2.75, 3.05) is 19.3 Å². The van der Waals surface area contributed by atoms with E-state index in [-0.39, 0.29) is 0 Å². The van der Waals surface area contributed by atoms with Crippen molar-refractivity contribution in [3.05, 3.63) is 23.9 Å². The average molecular weight is 222 g/mol. The van der Waals surface area contributed by atoms with Gasteiger partial charge in [-0.2, -0.15) is 0 Å². The Kier molecular flexibility index (Phi) is 3.65. The van der Waals surface area contributed by atoms with E-state index in [9.17, 15) is 0 Å². The monoisotopic (exact) mass is 222 g/mol. The zero-order chi connectivity index (χ0) is 10.7. The Morgan fingerprint density at radius 3 is 3.13 bits per heavy atom. The van der Waals surface area contributed by atoms with E-state index in [0.29, 0.717) is 6.04 Å². The van der Waals surface area contributed by atoms with Crippen LogP contribution in [0.2, 0.25) is 0 Å². The molecule has 0 unspecified atom stereocenters. The Morgan fingerprint density at radius 2 is 2.47 bits per heavy atom. The molecule has 0 aromatic carbocycles. The molecule has 1 fully saturated rings. The summed E-state index contributed by atoms with van der Waals surface area (Å²) in [5.74, 6) is 1.10. The molecule has 2 rings (SSSR count). The molecule has 0 amide bonds. The van der Waals surface area contributed by atoms with Gasteiger partial charge < -0.3 is 0 Å². The highest BCUT2D eigenvalue weighted by molar-refractivity contribution is 7.99. The Morgan fingerprint density at radius 1 is 1.60 bits per heavy atom. The predicted octanol–water partition coefficient (Wildman–Crippen LogP) is 2.96. The minimum Gasteiger partial charge on any atom is -0.299 e. The van der Waals surface area contributed by atoms with Gasteiger partial charge in [-0.15, -0.1) is 11.8 Å². The third kappa shape index (κ3) is 2.34. The van der Waals surface area contributed by atoms with Crippen molar-refractivity contribution in [2.24, 2.45) is 0 Å². The molecule has 2 nitrogen and oxygen atoms in total. The first-order chi connectivity index (χ1) is 7.33. The molecule has 0 radical (unpaired) electrons. The summed E-state index contributed by atoms with van der Waals surface area (Å²) in [7, 11) is 2.21. The molecule has 0 spiro atoms. The molecule has 82 valence electrons. The van der Waals surface area contributed by atoms with Crippen LogP contribution in [0.4, 0.5) is 0 Å². The molecule has 1 atom stereocenters. The zero-order valence-corrected chi connectivity index (χ0v) is 10.3. The van der Waals surface area contributed by atoms with Gasteiger partial charge in [0.05, 0.1) is 0 Å². The van der Waals surface area contributed by atoms with Crippen molar-refractivity contribution in [2.45, 2.75) is 30.8 Å². The van der Waals surface area contributed by atoms with Crippen molar-refractivity contribution < 1.29 is 0 Å². The number of nitrogens with zero attached hydrogens (tertiary/aromatic N) is 2. The van der Waals surface area contributed by atoms with Gasteiger partial charge >= 0.3 is 0 Å². The number of pyridine rings is 1. The van der Waals surface area contributed by atoms with Gasteiger partial charge in [0.1, 0.15) is 5.03 Å². The van der Waals surface area contributed by atoms with Gasteiger partial charge in [-0.3, -0.25) is 4.90 Å². The fourth-order valence-corrected chi connectivity index (χ4v) is 3.00. The molecular formula is C12H18N2S. The number of thioether (sulfide) groups is 1. The van der Waals surface area contributed by atoms with Crippen molar-refractivity contribution in [1.29, 1.82) is 0 Å². The number of likely N-dealkylation sites (tertiary alicyclic amines) is 1. The normalized spacial score (nSPS) is 22.1. The maximum absolute atomic E-state index is 4.48. The van der Waals surface area contributed by atoms with Crippen LogP contribution >= 0.6 is 11.8 Å². The minimum atomic E-state index is 0.591. The molecule has 3 heteroatoms. The van der Waals surface area contributed by atoms with Gasteiger partial charge in [0.25, 0.3) is 0 Å². The van der Waals surface area contributed by atoms with E-state index in [2.05, 4.69) is 36.0 Å². The van der Waals surface area contributed by atoms with Gasteiger partial charge in [0.2, 0.25) is 0 Å². The van der Waals surface area contributed by atoms with E-state index in [4.69, 9.17) is 0 Å². The van der Waals surface area contributed by atoms with Crippen LogP contribution in [-0.4, -0.2) is 29.2 Å². The van der Waals surface area contributed by atoms with E-state index >= 15 is 0 Å². The summed E-state index contributed by atoms with van der Waals surface area (Å²) in [6.45, 7) is 3.40. The van der Waals surface area contributed by atoms with Crippen LogP contribution in [0.5, 0.6) is 0 Å². The Balaban J connectivity index is 2.25. The van der Waals surface area contributed by atoms with E-state index in [0.717, 1.165) is 5.75 Å². The molecule has 1 aromatic heterocycles. The molecular weight excluding hydrogens is 204 g/mol. The van der Waals surface area contributed by atoms with E-state index < -0.39 is 0 Å². The summed E-state index contributed by atoms with van der Waals surface area (Å²) in [6, 6.07) is 4.88. The van der Waals surface area contributed by atoms with Crippen molar-refractivity contribution in [1.82, 2.24) is 9.88 Å². The topological polar surface area (TPSA) is 16.1 Å². The van der Waals surface area contributed by atoms with Crippen LogP contribution in [0, 0.1) is 0 Å². The van der Waals surface area contributed by atoms with Crippen molar-refractivity contribution >= 4 is 11.8 Å². The van der Waals surface area contributed by atoms with Crippen LogP contribution in [-0.2, 0) is 0 Å². The second-order valence-electron chi connectivity index (χ2n) is 3.97. The lowest BCUT2D eigenvalue weighted by atomic mass is 10.1. The molecule has 1 aliphatic rings. The molecule has 1 saturated heterocycles. The van der Waals surface area contributed by atoms with Crippen LogP contribution in [0.3, 0.4) is 0 Å². The summed E-state index contributed by atoms with van der Waals surface area (Å²) in [5, 5.41) is 1.22. The average Bonchev–Trinajstić information content (AvgIpc) is 2.66. The fraction of sp³-hybridized carbons (Fsp3) is 0.583. The number of hydrogen-bond donors (Lipinski definition) is 0. The van der Waals surface area contributed by atoms with E-state index in [1.165, 1.54) is 30.0 Å². The quantitative estimate of drug-likeness (QED) is 0.731. The lowest BCUT2D eigenvalue weighted by molar-refractivity contribution is 0.313. The standard InChI is InChI=1S/C12H18N2S/c1-3-15-12-10(6-4-8-13-12)11-7-5-9-14(11)2/h4,6,8,11H,3,5,7,9H2,1-2H3/t11-/m1/s1. The largest absolute Gasteiger partial charge is 0.299 e. The first-order valence-corrected chi connectivity index (χ1v) is 6.59. The SMILES string of the molecule is CCSc1ncccc1[C@H]1CCCN1C. The Bertz CT molecular complexity index is 327. The van der Waals surface area contributed by atoms with Crippen LogP contribution < -0.4 is 0 Å². The van der Waals surface area contributed by atoms with Gasteiger partial charge in [0.15, 0.2) is 0 Å². The molecule has 2 heterocycles. The van der Waals surface area contributed by atoms with Crippen LogP contribution in [0.15, 0.2) is 23.4 Å². The van der Waals surface area contributed by atoms with Crippen molar-refractivity contribution in [3.8, 4) is 0 Å². The molecule has 1 aliphatic heterocycles. The third-order valence-corrected chi connectivity index (χ3v) is 3.86. The molecule has 1 aromatic rings. The summed E-state index contributed by atoms with van der Waals surface area (Å²) in [6.07, 6.45) is 4.49. The Hall–Kier alpha value is -0.540. The minimum absolute atomic E-state index is 0.591. The third-order valence-electron chi connectivity index (χ3n) is 2.96. The summed E-state index contributed by atoms with van der Waals surface area (Å²) >= 11 is 1.85. The molecule has 0 N–H and O–H groups in total. The first-order valence-electron chi connectivity index (χ1n) is 5.61. The van der Waals surface area contributed by atoms with Crippen LogP contribution in [0.25, 0.3) is 0 Å². The molecule has 0 bridgehead atoms. The van der Waals surface area contributed by atoms with E-state index in [1.54, 1.807) is 0 Å².